The van der Waals surface area contributed by atoms with E-state index in [9.17, 15) is 22.8 Å². The fourth-order valence-electron chi connectivity index (χ4n) is 3.06. The number of aliphatic carboxylic acids is 1. The van der Waals surface area contributed by atoms with Crippen LogP contribution in [0.4, 0.5) is 0 Å². The van der Waals surface area contributed by atoms with E-state index in [1.54, 1.807) is 13.8 Å². The number of benzene rings is 1. The highest BCUT2D eigenvalue weighted by atomic mass is 32.2. The summed E-state index contributed by atoms with van der Waals surface area (Å²) in [6, 6.07) is 3.33. The number of nitrogens with zero attached hydrogens (tertiary/aromatic N) is 2. The Labute approximate surface area is 150 Å². The van der Waals surface area contributed by atoms with E-state index in [1.807, 2.05) is 0 Å². The van der Waals surface area contributed by atoms with Crippen molar-refractivity contribution >= 4 is 27.8 Å². The van der Waals surface area contributed by atoms with E-state index < -0.39 is 40.0 Å². The molecule has 1 fully saturated rings. The summed E-state index contributed by atoms with van der Waals surface area (Å²) < 4.78 is 31.1. The Morgan fingerprint density at radius 2 is 2.00 bits per heavy atom. The molecule has 140 valence electrons. The molecule has 1 atom stereocenters. The lowest BCUT2D eigenvalue weighted by molar-refractivity contribution is -0.154. The number of ether oxygens (including phenoxy) is 1. The highest BCUT2D eigenvalue weighted by molar-refractivity contribution is 7.90. The topological polar surface area (TPSA) is 121 Å². The van der Waals surface area contributed by atoms with Crippen LogP contribution >= 0.6 is 0 Å². The van der Waals surface area contributed by atoms with Gasteiger partial charge in [0.2, 0.25) is 0 Å². The van der Waals surface area contributed by atoms with Crippen LogP contribution in [0.15, 0.2) is 23.1 Å². The molecule has 0 saturated carbocycles. The van der Waals surface area contributed by atoms with Gasteiger partial charge in [-0.25, -0.2) is 17.5 Å². The highest BCUT2D eigenvalue weighted by Crippen LogP contribution is 2.32. The molecule has 2 aliphatic heterocycles. The second-order valence-electron chi connectivity index (χ2n) is 6.36. The largest absolute Gasteiger partial charge is 0.479 e. The number of rotatable bonds is 3. The lowest BCUT2D eigenvalue weighted by atomic mass is 10.1. The molecule has 9 nitrogen and oxygen atoms in total. The van der Waals surface area contributed by atoms with Gasteiger partial charge in [0.1, 0.15) is 4.90 Å². The first-order chi connectivity index (χ1) is 12.1. The molecule has 1 aromatic carbocycles. The smallest absolute Gasteiger partial charge is 0.334 e. The van der Waals surface area contributed by atoms with Gasteiger partial charge in [-0.2, -0.15) is 0 Å². The van der Waals surface area contributed by atoms with Gasteiger partial charge in [0.25, 0.3) is 21.8 Å². The van der Waals surface area contributed by atoms with Crippen LogP contribution in [0, 0.1) is 0 Å². The zero-order chi connectivity index (χ0) is 19.2. The molecule has 2 heterocycles. The Hall–Kier alpha value is -2.46. The first-order valence-corrected chi connectivity index (χ1v) is 9.45. The van der Waals surface area contributed by atoms with Crippen molar-refractivity contribution in [3.05, 3.63) is 29.3 Å². The maximum Gasteiger partial charge on any atom is 0.334 e. The van der Waals surface area contributed by atoms with Crippen LogP contribution in [0.1, 0.15) is 34.6 Å². The Morgan fingerprint density at radius 1 is 1.31 bits per heavy atom. The van der Waals surface area contributed by atoms with E-state index in [1.165, 1.54) is 23.1 Å². The van der Waals surface area contributed by atoms with Gasteiger partial charge in [-0.15, -0.1) is 0 Å². The summed E-state index contributed by atoms with van der Waals surface area (Å²) >= 11 is 0. The zero-order valence-corrected chi connectivity index (χ0v) is 15.0. The average molecular weight is 382 g/mol. The van der Waals surface area contributed by atoms with Crippen LogP contribution in [-0.2, 0) is 19.6 Å². The number of amides is 2. The van der Waals surface area contributed by atoms with Crippen molar-refractivity contribution in [2.75, 3.05) is 19.7 Å². The van der Waals surface area contributed by atoms with Gasteiger partial charge in [-0.05, 0) is 32.0 Å². The molecule has 3 rings (SSSR count). The summed E-state index contributed by atoms with van der Waals surface area (Å²) in [5, 5.41) is 9.03. The number of carbonyl (C=O) groups is 3. The van der Waals surface area contributed by atoms with Gasteiger partial charge >= 0.3 is 5.97 Å². The molecule has 0 spiro atoms. The summed E-state index contributed by atoms with van der Waals surface area (Å²) in [5.41, 5.74) is 0.109. The molecule has 2 amide bonds. The molecule has 0 bridgehead atoms. The number of carboxylic acid groups (broad SMARTS) is 1. The van der Waals surface area contributed by atoms with Crippen LogP contribution in [0.25, 0.3) is 0 Å². The van der Waals surface area contributed by atoms with Gasteiger partial charge in [0, 0.05) is 18.2 Å². The van der Waals surface area contributed by atoms with Crippen molar-refractivity contribution in [3.63, 3.8) is 0 Å². The fraction of sp³-hybridized carbons (Fsp3) is 0.438. The van der Waals surface area contributed by atoms with Gasteiger partial charge in [-0.1, -0.05) is 0 Å². The monoisotopic (exact) mass is 382 g/mol. The molecule has 0 radical (unpaired) electrons. The number of hydrogen-bond donors (Lipinski definition) is 1. The molecule has 26 heavy (non-hydrogen) atoms. The predicted octanol–water partition coefficient (Wildman–Crippen LogP) is 0.165. The molecule has 1 unspecified atom stereocenters. The minimum Gasteiger partial charge on any atom is -0.479 e. The van der Waals surface area contributed by atoms with E-state index in [4.69, 9.17) is 9.84 Å². The van der Waals surface area contributed by atoms with E-state index in [2.05, 4.69) is 0 Å². The number of carbonyl (C=O) groups excluding carboxylic acids is 2. The number of morpholine rings is 1. The lowest BCUT2D eigenvalue weighted by Gasteiger charge is -2.31. The maximum absolute atomic E-state index is 12.7. The molecule has 1 N–H and O–H groups in total. The SMILES string of the molecule is CC(C)N1C(=O)c2ccc(C(=O)N3CCOC(C(=O)O)C3)cc2S1(=O)=O. The van der Waals surface area contributed by atoms with Crippen molar-refractivity contribution in [1.82, 2.24) is 9.21 Å². The van der Waals surface area contributed by atoms with E-state index in [0.717, 1.165) is 4.31 Å². The molecular weight excluding hydrogens is 364 g/mol. The van der Waals surface area contributed by atoms with Crippen molar-refractivity contribution in [2.24, 2.45) is 0 Å². The van der Waals surface area contributed by atoms with Crippen LogP contribution in [0.5, 0.6) is 0 Å². The minimum absolute atomic E-state index is 0.0284. The number of carboxylic acids is 1. The summed E-state index contributed by atoms with van der Waals surface area (Å²) in [6.45, 7) is 3.32. The van der Waals surface area contributed by atoms with Crippen molar-refractivity contribution in [1.29, 1.82) is 0 Å². The summed E-state index contributed by atoms with van der Waals surface area (Å²) in [7, 11) is -4.01. The number of fused-ring (bicyclic) bond motifs is 1. The average Bonchev–Trinajstić information content (AvgIpc) is 2.80. The van der Waals surface area contributed by atoms with Crippen molar-refractivity contribution in [3.8, 4) is 0 Å². The molecule has 0 aromatic heterocycles. The summed E-state index contributed by atoms with van der Waals surface area (Å²) in [4.78, 5) is 37.1. The zero-order valence-electron chi connectivity index (χ0n) is 14.2. The summed E-state index contributed by atoms with van der Waals surface area (Å²) in [6.07, 6.45) is -1.12. The second-order valence-corrected chi connectivity index (χ2v) is 8.14. The molecule has 1 aromatic rings. The Balaban J connectivity index is 1.93. The quantitative estimate of drug-likeness (QED) is 0.790. The molecule has 1 saturated heterocycles. The van der Waals surface area contributed by atoms with E-state index in [0.29, 0.717) is 0 Å². The Bertz CT molecular complexity index is 894. The maximum atomic E-state index is 12.7. The van der Waals surface area contributed by atoms with Gasteiger partial charge in [0.15, 0.2) is 6.10 Å². The third-order valence-corrected chi connectivity index (χ3v) is 6.29. The lowest BCUT2D eigenvalue weighted by Crippen LogP contribution is -2.48. The first-order valence-electron chi connectivity index (χ1n) is 8.01. The van der Waals surface area contributed by atoms with Crippen LogP contribution in [-0.4, -0.2) is 72.4 Å². The summed E-state index contributed by atoms with van der Waals surface area (Å²) in [5.74, 6) is -2.29. The number of hydrogen-bond acceptors (Lipinski definition) is 6. The van der Waals surface area contributed by atoms with E-state index >= 15 is 0 Å². The van der Waals surface area contributed by atoms with E-state index in [-0.39, 0.29) is 35.7 Å². The molecular formula is C16H18N2O7S. The fourth-order valence-corrected chi connectivity index (χ4v) is 4.85. The van der Waals surface area contributed by atoms with Crippen LogP contribution in [0.2, 0.25) is 0 Å². The van der Waals surface area contributed by atoms with Gasteiger partial charge < -0.3 is 14.7 Å². The third kappa shape index (κ3) is 2.84. The first kappa shape index (κ1) is 18.3. The highest BCUT2D eigenvalue weighted by Gasteiger charge is 2.43. The van der Waals surface area contributed by atoms with Gasteiger partial charge in [-0.3, -0.25) is 9.59 Å². The van der Waals surface area contributed by atoms with Crippen molar-refractivity contribution in [2.45, 2.75) is 30.9 Å². The Kier molecular flexibility index (Phi) is 4.49. The normalized spacial score (nSPS) is 21.8. The second kappa shape index (κ2) is 6.36. The predicted molar refractivity (Wildman–Crippen MR) is 88.2 cm³/mol. The van der Waals surface area contributed by atoms with Crippen molar-refractivity contribution < 1.29 is 32.6 Å². The van der Waals surface area contributed by atoms with Gasteiger partial charge in [0.05, 0.1) is 18.7 Å². The van der Waals surface area contributed by atoms with Crippen LogP contribution < -0.4 is 0 Å². The minimum atomic E-state index is -4.01. The third-order valence-electron chi connectivity index (χ3n) is 4.29. The Morgan fingerprint density at radius 3 is 2.62 bits per heavy atom. The van der Waals surface area contributed by atoms with Crippen LogP contribution in [0.3, 0.4) is 0 Å². The molecule has 0 aliphatic carbocycles. The standard InChI is InChI=1S/C16H18N2O7S/c1-9(2)18-15(20)11-4-3-10(7-13(11)26(18,23)24)14(19)17-5-6-25-12(8-17)16(21)22/h3-4,7,9,12H,5-6,8H2,1-2H3,(H,21,22). The molecule has 2 aliphatic rings. The molecule has 10 heteroatoms. The number of sulfonamides is 1.